The van der Waals surface area contributed by atoms with Crippen LogP contribution in [-0.2, 0) is 6.42 Å². The van der Waals surface area contributed by atoms with Crippen LogP contribution in [0.25, 0.3) is 5.78 Å². The van der Waals surface area contributed by atoms with Crippen molar-refractivity contribution >= 4 is 5.78 Å². The quantitative estimate of drug-likeness (QED) is 0.716. The molecule has 0 aliphatic carbocycles. The van der Waals surface area contributed by atoms with Gasteiger partial charge < -0.3 is 5.32 Å². The Balaban J connectivity index is 1.95. The molecular formula is C9H11N5. The van der Waals surface area contributed by atoms with Crippen LogP contribution in [0.1, 0.15) is 5.82 Å². The zero-order valence-electron chi connectivity index (χ0n) is 7.72. The van der Waals surface area contributed by atoms with Gasteiger partial charge in [0.05, 0.1) is 0 Å². The van der Waals surface area contributed by atoms with Crippen molar-refractivity contribution in [2.24, 2.45) is 5.92 Å². The van der Waals surface area contributed by atoms with Gasteiger partial charge in [0.15, 0.2) is 0 Å². The van der Waals surface area contributed by atoms with Gasteiger partial charge >= 0.3 is 0 Å². The van der Waals surface area contributed by atoms with Crippen molar-refractivity contribution in [1.29, 1.82) is 0 Å². The van der Waals surface area contributed by atoms with Crippen LogP contribution in [0.2, 0.25) is 0 Å². The molecule has 0 amide bonds. The van der Waals surface area contributed by atoms with Gasteiger partial charge in [-0.1, -0.05) is 0 Å². The molecule has 3 heterocycles. The zero-order chi connectivity index (χ0) is 9.38. The molecule has 0 aromatic carbocycles. The van der Waals surface area contributed by atoms with Crippen molar-refractivity contribution < 1.29 is 0 Å². The second-order valence-corrected chi connectivity index (χ2v) is 3.63. The van der Waals surface area contributed by atoms with E-state index >= 15 is 0 Å². The lowest BCUT2D eigenvalue weighted by Gasteiger charge is -2.25. The molecule has 1 saturated heterocycles. The molecule has 1 aliphatic heterocycles. The molecule has 5 nitrogen and oxygen atoms in total. The molecule has 1 fully saturated rings. The summed E-state index contributed by atoms with van der Waals surface area (Å²) in [5.41, 5.74) is 0. The standard InChI is InChI=1S/C9H11N5/c1-2-11-9-13-12-8(14(9)3-1)4-7-5-10-6-7/h1-3,7,10H,4-6H2. The van der Waals surface area contributed by atoms with E-state index in [1.54, 1.807) is 6.20 Å². The van der Waals surface area contributed by atoms with E-state index in [-0.39, 0.29) is 0 Å². The third-order valence-corrected chi connectivity index (χ3v) is 2.60. The summed E-state index contributed by atoms with van der Waals surface area (Å²) in [7, 11) is 0. The Morgan fingerprint density at radius 3 is 3.14 bits per heavy atom. The molecule has 0 unspecified atom stereocenters. The van der Waals surface area contributed by atoms with Crippen LogP contribution in [0.3, 0.4) is 0 Å². The summed E-state index contributed by atoms with van der Waals surface area (Å²) in [4.78, 5) is 4.13. The first kappa shape index (κ1) is 7.87. The van der Waals surface area contributed by atoms with E-state index in [1.807, 2.05) is 16.7 Å². The molecule has 0 atom stereocenters. The molecular weight excluding hydrogens is 178 g/mol. The smallest absolute Gasteiger partial charge is 0.254 e. The van der Waals surface area contributed by atoms with Crippen molar-refractivity contribution in [1.82, 2.24) is 24.9 Å². The number of nitrogens with zero attached hydrogens (tertiary/aromatic N) is 4. The monoisotopic (exact) mass is 189 g/mol. The lowest BCUT2D eigenvalue weighted by Crippen LogP contribution is -2.43. The molecule has 72 valence electrons. The van der Waals surface area contributed by atoms with E-state index < -0.39 is 0 Å². The highest BCUT2D eigenvalue weighted by atomic mass is 15.3. The summed E-state index contributed by atoms with van der Waals surface area (Å²) >= 11 is 0. The van der Waals surface area contributed by atoms with E-state index in [9.17, 15) is 0 Å². The predicted molar refractivity (Wildman–Crippen MR) is 50.8 cm³/mol. The van der Waals surface area contributed by atoms with Crippen molar-refractivity contribution in [3.05, 3.63) is 24.3 Å². The Hall–Kier alpha value is -1.49. The summed E-state index contributed by atoms with van der Waals surface area (Å²) in [5, 5.41) is 11.4. The maximum Gasteiger partial charge on any atom is 0.254 e. The zero-order valence-corrected chi connectivity index (χ0v) is 7.72. The van der Waals surface area contributed by atoms with Crippen molar-refractivity contribution in [3.8, 4) is 0 Å². The molecule has 1 N–H and O–H groups in total. The fourth-order valence-electron chi connectivity index (χ4n) is 1.68. The van der Waals surface area contributed by atoms with Gasteiger partial charge in [-0.05, 0) is 25.1 Å². The summed E-state index contributed by atoms with van der Waals surface area (Å²) in [6.07, 6.45) is 4.68. The molecule has 14 heavy (non-hydrogen) atoms. The van der Waals surface area contributed by atoms with Gasteiger partial charge in [0.2, 0.25) is 0 Å². The van der Waals surface area contributed by atoms with Crippen LogP contribution in [0.15, 0.2) is 18.5 Å². The minimum Gasteiger partial charge on any atom is -0.316 e. The van der Waals surface area contributed by atoms with Gasteiger partial charge in [-0.25, -0.2) is 4.98 Å². The van der Waals surface area contributed by atoms with Gasteiger partial charge in [0, 0.05) is 18.8 Å². The number of fused-ring (bicyclic) bond motifs is 1. The van der Waals surface area contributed by atoms with Crippen LogP contribution in [0.5, 0.6) is 0 Å². The van der Waals surface area contributed by atoms with Gasteiger partial charge in [-0.3, -0.25) is 4.40 Å². The fraction of sp³-hybridized carbons (Fsp3) is 0.444. The van der Waals surface area contributed by atoms with Crippen LogP contribution >= 0.6 is 0 Å². The molecule has 5 heteroatoms. The number of aromatic nitrogens is 4. The first-order chi connectivity index (χ1) is 6.93. The van der Waals surface area contributed by atoms with E-state index in [4.69, 9.17) is 0 Å². The lowest BCUT2D eigenvalue weighted by atomic mass is 9.99. The lowest BCUT2D eigenvalue weighted by molar-refractivity contribution is 0.340. The average Bonchev–Trinajstić information content (AvgIpc) is 2.55. The summed E-state index contributed by atoms with van der Waals surface area (Å²) in [6.45, 7) is 2.18. The number of hydrogen-bond donors (Lipinski definition) is 1. The number of hydrogen-bond acceptors (Lipinski definition) is 4. The topological polar surface area (TPSA) is 55.1 Å². The van der Waals surface area contributed by atoms with Crippen molar-refractivity contribution in [2.75, 3.05) is 13.1 Å². The third-order valence-electron chi connectivity index (χ3n) is 2.60. The first-order valence-electron chi connectivity index (χ1n) is 4.79. The van der Waals surface area contributed by atoms with E-state index in [0.717, 1.165) is 25.3 Å². The second-order valence-electron chi connectivity index (χ2n) is 3.63. The molecule has 0 radical (unpaired) electrons. The van der Waals surface area contributed by atoms with Gasteiger partial charge in [-0.15, -0.1) is 10.2 Å². The SMILES string of the molecule is c1cnc2nnc(CC3CNC3)n2c1. The average molecular weight is 189 g/mol. The van der Waals surface area contributed by atoms with E-state index in [0.29, 0.717) is 11.7 Å². The van der Waals surface area contributed by atoms with Gasteiger partial charge in [0.25, 0.3) is 5.78 Å². The molecule has 0 saturated carbocycles. The second kappa shape index (κ2) is 3.02. The minimum atomic E-state index is 0.690. The number of nitrogens with one attached hydrogen (secondary N) is 1. The Morgan fingerprint density at radius 1 is 1.43 bits per heavy atom. The minimum absolute atomic E-state index is 0.690. The predicted octanol–water partition coefficient (Wildman–Crippen LogP) is -0.114. The Labute approximate surface area is 81.2 Å². The number of rotatable bonds is 2. The molecule has 3 rings (SSSR count). The highest BCUT2D eigenvalue weighted by Crippen LogP contribution is 2.11. The van der Waals surface area contributed by atoms with Gasteiger partial charge in [-0.2, -0.15) is 0 Å². The van der Waals surface area contributed by atoms with Crippen molar-refractivity contribution in [2.45, 2.75) is 6.42 Å². The maximum absolute atomic E-state index is 4.14. The van der Waals surface area contributed by atoms with Crippen LogP contribution in [-0.4, -0.2) is 32.7 Å². The summed E-state index contributed by atoms with van der Waals surface area (Å²) in [5.74, 6) is 2.41. The molecule has 0 spiro atoms. The molecule has 2 aromatic rings. The Kier molecular flexibility index (Phi) is 1.70. The van der Waals surface area contributed by atoms with E-state index in [1.165, 1.54) is 0 Å². The van der Waals surface area contributed by atoms with E-state index in [2.05, 4.69) is 20.5 Å². The van der Waals surface area contributed by atoms with Crippen LogP contribution < -0.4 is 5.32 Å². The third kappa shape index (κ3) is 1.17. The van der Waals surface area contributed by atoms with Crippen molar-refractivity contribution in [3.63, 3.8) is 0 Å². The summed E-state index contributed by atoms with van der Waals surface area (Å²) < 4.78 is 1.96. The largest absolute Gasteiger partial charge is 0.316 e. The maximum atomic E-state index is 4.14. The summed E-state index contributed by atoms with van der Waals surface area (Å²) in [6, 6.07) is 1.90. The molecule has 2 aromatic heterocycles. The first-order valence-corrected chi connectivity index (χ1v) is 4.79. The van der Waals surface area contributed by atoms with Crippen LogP contribution in [0.4, 0.5) is 0 Å². The fourth-order valence-corrected chi connectivity index (χ4v) is 1.68. The molecule has 1 aliphatic rings. The Bertz CT molecular complexity index is 445. The van der Waals surface area contributed by atoms with Crippen LogP contribution in [0, 0.1) is 5.92 Å². The Morgan fingerprint density at radius 2 is 2.36 bits per heavy atom. The normalized spacial score (nSPS) is 17.1. The highest BCUT2D eigenvalue weighted by Gasteiger charge is 2.19. The van der Waals surface area contributed by atoms with Gasteiger partial charge in [0.1, 0.15) is 5.82 Å². The highest BCUT2D eigenvalue weighted by molar-refractivity contribution is 5.26. The molecule has 0 bridgehead atoms.